The molecule has 6 nitrogen and oxygen atoms in total. The van der Waals surface area contributed by atoms with Crippen LogP contribution in [0, 0.1) is 12.3 Å². The van der Waals surface area contributed by atoms with Gasteiger partial charge in [-0.2, -0.15) is 11.3 Å². The minimum absolute atomic E-state index is 0.00692. The molecule has 0 fully saturated rings. The first-order chi connectivity index (χ1) is 9.78. The summed E-state index contributed by atoms with van der Waals surface area (Å²) >= 11 is 1.59. The smallest absolute Gasteiger partial charge is 0.305 e. The molecule has 1 unspecified atom stereocenters. The normalized spacial score (nSPS) is 13.3. The number of hydrogen-bond acceptors (Lipinski definition) is 5. The molecule has 7 heteroatoms. The van der Waals surface area contributed by atoms with Crippen LogP contribution >= 0.6 is 11.3 Å². The second-order valence-electron chi connectivity index (χ2n) is 6.43. The maximum absolute atomic E-state index is 11.2. The van der Waals surface area contributed by atoms with E-state index in [1.807, 2.05) is 17.7 Å². The minimum atomic E-state index is -0.840. The van der Waals surface area contributed by atoms with Crippen molar-refractivity contribution >= 4 is 17.3 Å². The lowest BCUT2D eigenvalue weighted by Crippen LogP contribution is -2.22. The molecule has 0 aliphatic carbocycles. The summed E-state index contributed by atoms with van der Waals surface area (Å²) in [5, 5.41) is 25.1. The Morgan fingerprint density at radius 2 is 2.14 bits per heavy atom. The summed E-state index contributed by atoms with van der Waals surface area (Å²) in [4.78, 5) is 11.2. The molecule has 0 aliphatic heterocycles. The lowest BCUT2D eigenvalue weighted by atomic mass is 9.87. The average molecular weight is 308 g/mol. The quantitative estimate of drug-likeness (QED) is 0.917. The molecular formula is C14H20N4O2S. The summed E-state index contributed by atoms with van der Waals surface area (Å²) in [5.41, 5.74) is 2.06. The number of carboxylic acids is 1. The number of tetrazole rings is 1. The highest BCUT2D eigenvalue weighted by Gasteiger charge is 2.26. The minimum Gasteiger partial charge on any atom is -0.481 e. The van der Waals surface area contributed by atoms with E-state index < -0.39 is 5.97 Å². The van der Waals surface area contributed by atoms with Crippen molar-refractivity contribution in [2.75, 3.05) is 0 Å². The summed E-state index contributed by atoms with van der Waals surface area (Å²) in [6.07, 6.45) is 0.707. The van der Waals surface area contributed by atoms with Gasteiger partial charge in [-0.05, 0) is 40.1 Å². The van der Waals surface area contributed by atoms with E-state index in [0.717, 1.165) is 11.1 Å². The molecule has 2 heterocycles. The molecule has 1 atom stereocenters. The SMILES string of the molecule is Cc1cscc1-c1nnnn1C(CC(=O)O)CC(C)(C)C. The van der Waals surface area contributed by atoms with Gasteiger partial charge in [0.05, 0.1) is 12.5 Å². The maximum Gasteiger partial charge on any atom is 0.305 e. The van der Waals surface area contributed by atoms with E-state index in [0.29, 0.717) is 12.2 Å². The third kappa shape index (κ3) is 3.87. The van der Waals surface area contributed by atoms with Crippen molar-refractivity contribution in [2.24, 2.45) is 5.41 Å². The lowest BCUT2D eigenvalue weighted by Gasteiger charge is -2.25. The molecule has 0 aliphatic rings. The monoisotopic (exact) mass is 308 g/mol. The Bertz CT molecular complexity index is 627. The van der Waals surface area contributed by atoms with Crippen LogP contribution in [0.5, 0.6) is 0 Å². The van der Waals surface area contributed by atoms with Crippen LogP contribution in [-0.2, 0) is 4.79 Å². The van der Waals surface area contributed by atoms with Gasteiger partial charge in [0, 0.05) is 10.9 Å². The number of carboxylic acid groups (broad SMARTS) is 1. The van der Waals surface area contributed by atoms with Crippen LogP contribution in [0.3, 0.4) is 0 Å². The first kappa shape index (κ1) is 15.6. The fraction of sp³-hybridized carbons (Fsp3) is 0.571. The van der Waals surface area contributed by atoms with E-state index in [9.17, 15) is 9.90 Å². The van der Waals surface area contributed by atoms with Crippen molar-refractivity contribution in [3.8, 4) is 11.4 Å². The number of hydrogen-bond donors (Lipinski definition) is 1. The van der Waals surface area contributed by atoms with Gasteiger partial charge >= 0.3 is 5.97 Å². The van der Waals surface area contributed by atoms with Crippen LogP contribution in [0.1, 0.15) is 45.2 Å². The zero-order valence-corrected chi connectivity index (χ0v) is 13.5. The number of rotatable bonds is 5. The zero-order chi connectivity index (χ0) is 15.6. The molecule has 0 amide bonds. The van der Waals surface area contributed by atoms with E-state index in [1.165, 1.54) is 0 Å². The molecular weight excluding hydrogens is 288 g/mol. The number of carbonyl (C=O) groups is 1. The van der Waals surface area contributed by atoms with E-state index in [1.54, 1.807) is 16.0 Å². The van der Waals surface area contributed by atoms with Gasteiger partial charge in [0.1, 0.15) is 0 Å². The van der Waals surface area contributed by atoms with Gasteiger partial charge in [0.25, 0.3) is 0 Å². The Morgan fingerprint density at radius 1 is 1.43 bits per heavy atom. The van der Waals surface area contributed by atoms with Crippen LogP contribution in [0.25, 0.3) is 11.4 Å². The molecule has 0 aromatic carbocycles. The topological polar surface area (TPSA) is 80.9 Å². The second kappa shape index (κ2) is 5.93. The fourth-order valence-electron chi connectivity index (χ4n) is 2.36. The number of thiophene rings is 1. The van der Waals surface area contributed by atoms with Crippen molar-refractivity contribution in [3.05, 3.63) is 16.3 Å². The van der Waals surface area contributed by atoms with Gasteiger partial charge in [0.2, 0.25) is 0 Å². The van der Waals surface area contributed by atoms with Gasteiger partial charge in [-0.15, -0.1) is 5.10 Å². The van der Waals surface area contributed by atoms with Crippen molar-refractivity contribution in [1.82, 2.24) is 20.2 Å². The van der Waals surface area contributed by atoms with Crippen LogP contribution in [0.2, 0.25) is 0 Å². The van der Waals surface area contributed by atoms with Gasteiger partial charge in [0.15, 0.2) is 5.82 Å². The summed E-state index contributed by atoms with van der Waals surface area (Å²) in [5.74, 6) is -0.197. The first-order valence-corrected chi connectivity index (χ1v) is 7.75. The Morgan fingerprint density at radius 3 is 2.67 bits per heavy atom. The summed E-state index contributed by atoms with van der Waals surface area (Å²) in [7, 11) is 0. The summed E-state index contributed by atoms with van der Waals surface area (Å²) < 4.78 is 1.66. The highest BCUT2D eigenvalue weighted by molar-refractivity contribution is 7.08. The first-order valence-electron chi connectivity index (χ1n) is 6.81. The van der Waals surface area contributed by atoms with Crippen LogP contribution in [0.15, 0.2) is 10.8 Å². The van der Waals surface area contributed by atoms with Crippen molar-refractivity contribution in [1.29, 1.82) is 0 Å². The number of aryl methyl sites for hydroxylation is 1. The van der Waals surface area contributed by atoms with E-state index in [-0.39, 0.29) is 17.9 Å². The Labute approximate surface area is 127 Å². The highest BCUT2D eigenvalue weighted by Crippen LogP contribution is 2.33. The highest BCUT2D eigenvalue weighted by atomic mass is 32.1. The van der Waals surface area contributed by atoms with Gasteiger partial charge in [-0.1, -0.05) is 20.8 Å². The Kier molecular flexibility index (Phi) is 4.41. The van der Waals surface area contributed by atoms with Crippen LogP contribution in [-0.4, -0.2) is 31.3 Å². The van der Waals surface area contributed by atoms with E-state index in [2.05, 4.69) is 36.3 Å². The fourth-order valence-corrected chi connectivity index (χ4v) is 3.19. The third-order valence-corrected chi connectivity index (χ3v) is 4.05. The molecule has 21 heavy (non-hydrogen) atoms. The zero-order valence-electron chi connectivity index (χ0n) is 12.7. The molecule has 2 aromatic heterocycles. The molecule has 0 saturated carbocycles. The average Bonchev–Trinajstić information content (AvgIpc) is 2.93. The van der Waals surface area contributed by atoms with Crippen molar-refractivity contribution < 1.29 is 9.90 Å². The summed E-state index contributed by atoms with van der Waals surface area (Å²) in [6.45, 7) is 8.26. The Hall–Kier alpha value is -1.76. The third-order valence-electron chi connectivity index (χ3n) is 3.19. The lowest BCUT2D eigenvalue weighted by molar-refractivity contribution is -0.138. The molecule has 114 valence electrons. The van der Waals surface area contributed by atoms with E-state index in [4.69, 9.17) is 0 Å². The van der Waals surface area contributed by atoms with Gasteiger partial charge < -0.3 is 5.11 Å². The largest absolute Gasteiger partial charge is 0.481 e. The van der Waals surface area contributed by atoms with Crippen LogP contribution < -0.4 is 0 Å². The van der Waals surface area contributed by atoms with Gasteiger partial charge in [-0.3, -0.25) is 4.79 Å². The predicted molar refractivity (Wildman–Crippen MR) is 81.2 cm³/mol. The number of aromatic nitrogens is 4. The van der Waals surface area contributed by atoms with E-state index >= 15 is 0 Å². The predicted octanol–water partition coefficient (Wildman–Crippen LogP) is 3.16. The molecule has 0 saturated heterocycles. The maximum atomic E-state index is 11.2. The van der Waals surface area contributed by atoms with Crippen LogP contribution in [0.4, 0.5) is 0 Å². The molecule has 0 radical (unpaired) electrons. The summed E-state index contributed by atoms with van der Waals surface area (Å²) in [6, 6.07) is -0.258. The molecule has 2 aromatic rings. The molecule has 1 N–H and O–H groups in total. The van der Waals surface area contributed by atoms with Crippen molar-refractivity contribution in [3.63, 3.8) is 0 Å². The molecule has 0 bridgehead atoms. The van der Waals surface area contributed by atoms with Crippen molar-refractivity contribution in [2.45, 2.75) is 46.6 Å². The molecule has 2 rings (SSSR count). The standard InChI is InChI=1S/C14H20N4O2S/c1-9-7-21-8-11(9)13-15-16-17-18(13)10(5-12(19)20)6-14(2,3)4/h7-8,10H,5-6H2,1-4H3,(H,19,20). The second-order valence-corrected chi connectivity index (χ2v) is 7.18. The Balaban J connectivity index is 2.39. The molecule has 0 spiro atoms. The number of nitrogens with zero attached hydrogens (tertiary/aromatic N) is 4. The number of aliphatic carboxylic acids is 1. The van der Waals surface area contributed by atoms with Gasteiger partial charge in [-0.25, -0.2) is 4.68 Å².